The summed E-state index contributed by atoms with van der Waals surface area (Å²) in [5.41, 5.74) is 3.29. The van der Waals surface area contributed by atoms with Gasteiger partial charge in [0.05, 0.1) is 18.9 Å². The van der Waals surface area contributed by atoms with Gasteiger partial charge in [0.25, 0.3) is 0 Å². The highest BCUT2D eigenvalue weighted by atomic mass is 32.1. The molecule has 0 unspecified atom stereocenters. The summed E-state index contributed by atoms with van der Waals surface area (Å²) in [6.45, 7) is 3.86. The van der Waals surface area contributed by atoms with Crippen molar-refractivity contribution < 1.29 is 24.2 Å². The Morgan fingerprint density at radius 2 is 1.70 bits per heavy atom. The van der Waals surface area contributed by atoms with Crippen LogP contribution in [-0.4, -0.2) is 54.8 Å². The summed E-state index contributed by atoms with van der Waals surface area (Å²) in [5.74, 6) is -0.466. The van der Waals surface area contributed by atoms with Crippen molar-refractivity contribution in [1.29, 1.82) is 0 Å². The zero-order valence-corrected chi connectivity index (χ0v) is 23.4. The van der Waals surface area contributed by atoms with Crippen LogP contribution in [0.15, 0.2) is 78.9 Å². The Morgan fingerprint density at radius 3 is 2.42 bits per heavy atom. The number of hydrogen-bond donors (Lipinski definition) is 3. The molecule has 0 aliphatic rings. The van der Waals surface area contributed by atoms with Crippen molar-refractivity contribution in [1.82, 2.24) is 4.98 Å². The van der Waals surface area contributed by atoms with E-state index in [9.17, 15) is 14.7 Å². The molecule has 3 N–H and O–H groups in total. The highest BCUT2D eigenvalue weighted by Gasteiger charge is 2.21. The largest absolute Gasteiger partial charge is 0.493 e. The van der Waals surface area contributed by atoms with Crippen LogP contribution in [0.25, 0.3) is 0 Å². The van der Waals surface area contributed by atoms with Gasteiger partial charge in [-0.2, -0.15) is 0 Å². The topological polar surface area (TPSA) is 110 Å². The zero-order valence-electron chi connectivity index (χ0n) is 22.6. The van der Waals surface area contributed by atoms with Gasteiger partial charge in [0.15, 0.2) is 10.9 Å². The molecule has 208 valence electrons. The maximum atomic E-state index is 13.1. The summed E-state index contributed by atoms with van der Waals surface area (Å²) >= 11 is 1.62. The molecular formula is C31H33N3O5S. The number of ketones is 1. The average Bonchev–Trinajstić information content (AvgIpc) is 3.32. The molecule has 3 aromatic carbocycles. The van der Waals surface area contributed by atoms with Gasteiger partial charge in [-0.05, 0) is 36.8 Å². The number of hydrogen-bond acceptors (Lipinski definition) is 8. The maximum Gasteiger partial charge on any atom is 0.326 e. The Morgan fingerprint density at radius 1 is 0.975 bits per heavy atom. The molecule has 9 heteroatoms. The van der Waals surface area contributed by atoms with Gasteiger partial charge >= 0.3 is 5.97 Å². The monoisotopic (exact) mass is 559 g/mol. The first-order valence-corrected chi connectivity index (χ1v) is 13.8. The van der Waals surface area contributed by atoms with E-state index in [1.54, 1.807) is 67.0 Å². The van der Waals surface area contributed by atoms with Crippen LogP contribution < -0.4 is 15.4 Å². The van der Waals surface area contributed by atoms with Gasteiger partial charge in [-0.25, -0.2) is 9.78 Å². The Hall–Kier alpha value is -4.21. The lowest BCUT2D eigenvalue weighted by Crippen LogP contribution is -2.32. The molecule has 1 atom stereocenters. The average molecular weight is 560 g/mol. The Kier molecular flexibility index (Phi) is 10.3. The molecule has 4 rings (SSSR count). The second kappa shape index (κ2) is 14.3. The molecule has 40 heavy (non-hydrogen) atoms. The van der Waals surface area contributed by atoms with E-state index in [2.05, 4.69) is 15.6 Å². The summed E-state index contributed by atoms with van der Waals surface area (Å²) in [6, 6.07) is 22.4. The number of anilines is 2. The zero-order chi connectivity index (χ0) is 28.3. The lowest BCUT2D eigenvalue weighted by Gasteiger charge is -2.18. The van der Waals surface area contributed by atoms with Crippen molar-refractivity contribution in [2.24, 2.45) is 0 Å². The molecule has 0 aliphatic heterocycles. The first-order valence-electron chi connectivity index (χ1n) is 13.0. The second-order valence-corrected chi connectivity index (χ2v) is 10.4. The molecule has 1 aromatic heterocycles. The van der Waals surface area contributed by atoms with Gasteiger partial charge in [0.2, 0.25) is 0 Å². The predicted molar refractivity (Wildman–Crippen MR) is 158 cm³/mol. The van der Waals surface area contributed by atoms with Gasteiger partial charge in [-0.3, -0.25) is 4.79 Å². The van der Waals surface area contributed by atoms with E-state index in [1.807, 2.05) is 37.3 Å². The molecule has 4 aromatic rings. The van der Waals surface area contributed by atoms with Crippen LogP contribution in [0.5, 0.6) is 5.75 Å². The number of ether oxygens (including phenoxy) is 2. The van der Waals surface area contributed by atoms with Gasteiger partial charge in [0, 0.05) is 48.2 Å². The fourth-order valence-corrected chi connectivity index (χ4v) is 5.04. The van der Waals surface area contributed by atoms with Crippen molar-refractivity contribution >= 4 is 33.9 Å². The van der Waals surface area contributed by atoms with Crippen LogP contribution in [0.1, 0.15) is 32.1 Å². The molecule has 0 radical (unpaired) electrons. The Labute approximate surface area is 238 Å². The number of benzene rings is 3. The molecule has 8 nitrogen and oxygen atoms in total. The number of para-hydroxylation sites is 1. The highest BCUT2D eigenvalue weighted by Crippen LogP contribution is 2.24. The van der Waals surface area contributed by atoms with Gasteiger partial charge in [0.1, 0.15) is 11.8 Å². The van der Waals surface area contributed by atoms with Crippen LogP contribution in [0, 0.1) is 6.92 Å². The highest BCUT2D eigenvalue weighted by molar-refractivity contribution is 7.15. The summed E-state index contributed by atoms with van der Waals surface area (Å²) in [6.07, 6.45) is 0.919. The number of carboxylic acid groups (broad SMARTS) is 1. The fourth-order valence-electron chi connectivity index (χ4n) is 4.16. The summed E-state index contributed by atoms with van der Waals surface area (Å²) in [5, 5.41) is 17.1. The van der Waals surface area contributed by atoms with Gasteiger partial charge in [-0.15, -0.1) is 11.3 Å². The summed E-state index contributed by atoms with van der Waals surface area (Å²) < 4.78 is 11.0. The van der Waals surface area contributed by atoms with E-state index in [-0.39, 0.29) is 12.2 Å². The Balaban J connectivity index is 1.34. The Bertz CT molecular complexity index is 1410. The number of carbonyl (C=O) groups excluding carboxylic acids is 1. The van der Waals surface area contributed by atoms with Crippen molar-refractivity contribution in [2.75, 3.05) is 37.5 Å². The number of methoxy groups -OCH3 is 1. The molecule has 0 aliphatic carbocycles. The van der Waals surface area contributed by atoms with Crippen LogP contribution in [-0.2, 0) is 22.4 Å². The number of nitrogens with zero attached hydrogens (tertiary/aromatic N) is 1. The first kappa shape index (κ1) is 28.8. The SMILES string of the molecule is COCCNc1nc(CCOc2ccc(C[C@H](Nc3ccccc3C(=O)c3ccccc3)C(=O)O)cc2)c(C)s1. The maximum absolute atomic E-state index is 13.1. The van der Waals surface area contributed by atoms with E-state index in [0.717, 1.165) is 21.3 Å². The standard InChI is InChI=1S/C31H33N3O5S/c1-21-26(34-31(40-21)32-17-19-38-2)16-18-39-24-14-12-22(13-15-24)20-28(30(36)37)33-27-11-7-6-10-25(27)29(35)23-8-4-3-5-9-23/h3-15,28,33H,16-20H2,1-2H3,(H,32,34)(H,36,37)/t28-/m0/s1. The minimum atomic E-state index is -1.00. The molecule has 1 heterocycles. The number of carboxylic acids is 1. The van der Waals surface area contributed by atoms with Crippen LogP contribution in [0.2, 0.25) is 0 Å². The summed E-state index contributed by atoms with van der Waals surface area (Å²) in [7, 11) is 1.67. The minimum Gasteiger partial charge on any atom is -0.493 e. The number of aryl methyl sites for hydroxylation is 1. The summed E-state index contributed by atoms with van der Waals surface area (Å²) in [4.78, 5) is 31.0. The third kappa shape index (κ3) is 7.91. The van der Waals surface area contributed by atoms with E-state index in [1.165, 1.54) is 0 Å². The van der Waals surface area contributed by atoms with Gasteiger partial charge < -0.3 is 25.2 Å². The third-order valence-electron chi connectivity index (χ3n) is 6.28. The molecule has 0 amide bonds. The number of nitrogens with one attached hydrogen (secondary N) is 2. The molecule has 0 spiro atoms. The quantitative estimate of drug-likeness (QED) is 0.130. The lowest BCUT2D eigenvalue weighted by molar-refractivity contribution is -0.137. The van der Waals surface area contributed by atoms with Crippen molar-refractivity contribution in [2.45, 2.75) is 25.8 Å². The van der Waals surface area contributed by atoms with Gasteiger partial charge in [-0.1, -0.05) is 54.6 Å². The van der Waals surface area contributed by atoms with Crippen molar-refractivity contribution in [3.05, 3.63) is 106 Å². The van der Waals surface area contributed by atoms with Crippen molar-refractivity contribution in [3.8, 4) is 5.75 Å². The fraction of sp³-hybridized carbons (Fsp3) is 0.258. The van der Waals surface area contributed by atoms with Crippen LogP contribution >= 0.6 is 11.3 Å². The molecule has 0 fully saturated rings. The number of aliphatic carboxylic acids is 1. The molecule has 0 saturated carbocycles. The number of thiazole rings is 1. The van der Waals surface area contributed by atoms with E-state index < -0.39 is 12.0 Å². The molecule has 0 saturated heterocycles. The number of rotatable bonds is 15. The van der Waals surface area contributed by atoms with E-state index in [0.29, 0.717) is 48.7 Å². The van der Waals surface area contributed by atoms with E-state index >= 15 is 0 Å². The van der Waals surface area contributed by atoms with Crippen molar-refractivity contribution in [3.63, 3.8) is 0 Å². The normalized spacial score (nSPS) is 11.6. The smallest absolute Gasteiger partial charge is 0.326 e. The van der Waals surface area contributed by atoms with E-state index in [4.69, 9.17) is 9.47 Å². The third-order valence-corrected chi connectivity index (χ3v) is 7.25. The first-order chi connectivity index (χ1) is 19.4. The lowest BCUT2D eigenvalue weighted by atomic mass is 10.00. The second-order valence-electron chi connectivity index (χ2n) is 9.16. The molecular weight excluding hydrogens is 526 g/mol. The number of carbonyl (C=O) groups is 2. The number of aromatic nitrogens is 1. The van der Waals surface area contributed by atoms with Crippen LogP contribution in [0.3, 0.4) is 0 Å². The molecule has 0 bridgehead atoms. The predicted octanol–water partition coefficient (Wildman–Crippen LogP) is 5.47. The minimum absolute atomic E-state index is 0.166. The van der Waals surface area contributed by atoms with Crippen LogP contribution in [0.4, 0.5) is 10.8 Å².